The first-order valence-corrected chi connectivity index (χ1v) is 6.56. The van der Waals surface area contributed by atoms with E-state index in [0.29, 0.717) is 6.54 Å². The van der Waals surface area contributed by atoms with Crippen molar-refractivity contribution in [3.05, 3.63) is 35.7 Å². The lowest BCUT2D eigenvalue weighted by molar-refractivity contribution is 0.604. The van der Waals surface area contributed by atoms with Gasteiger partial charge in [0, 0.05) is 37.6 Å². The minimum absolute atomic E-state index is 0.612. The van der Waals surface area contributed by atoms with E-state index in [4.69, 9.17) is 5.73 Å². The van der Waals surface area contributed by atoms with Gasteiger partial charge in [0.25, 0.3) is 0 Å². The second-order valence-electron chi connectivity index (χ2n) is 5.00. The fourth-order valence-electron chi connectivity index (χ4n) is 2.38. The minimum Gasteiger partial charge on any atom is -0.378 e. The molecule has 19 heavy (non-hydrogen) atoms. The molecule has 0 bridgehead atoms. The molecule has 4 nitrogen and oxygen atoms in total. The van der Waals surface area contributed by atoms with Gasteiger partial charge in [-0.2, -0.15) is 5.10 Å². The van der Waals surface area contributed by atoms with Gasteiger partial charge in [-0.25, -0.2) is 0 Å². The molecular weight excluding hydrogens is 236 g/mol. The van der Waals surface area contributed by atoms with E-state index in [0.717, 1.165) is 12.2 Å². The van der Waals surface area contributed by atoms with Gasteiger partial charge < -0.3 is 10.6 Å². The van der Waals surface area contributed by atoms with E-state index >= 15 is 0 Å². The number of aromatic nitrogens is 2. The Bertz CT molecular complexity index is 552. The lowest BCUT2D eigenvalue weighted by Crippen LogP contribution is -2.12. The Balaban J connectivity index is 2.41. The highest BCUT2D eigenvalue weighted by Crippen LogP contribution is 2.28. The van der Waals surface area contributed by atoms with Crippen molar-refractivity contribution in [3.8, 4) is 11.1 Å². The van der Waals surface area contributed by atoms with Crippen LogP contribution in [0, 0.1) is 13.8 Å². The summed E-state index contributed by atoms with van der Waals surface area (Å²) in [6.45, 7) is 5.53. The summed E-state index contributed by atoms with van der Waals surface area (Å²) in [6.07, 6.45) is 0. The number of rotatable bonds is 4. The third-order valence-corrected chi connectivity index (χ3v) is 3.39. The van der Waals surface area contributed by atoms with Gasteiger partial charge in [-0.3, -0.25) is 4.68 Å². The van der Waals surface area contributed by atoms with E-state index in [1.54, 1.807) is 0 Å². The fraction of sp³-hybridized carbons (Fsp3) is 0.400. The van der Waals surface area contributed by atoms with Crippen molar-refractivity contribution >= 4 is 5.69 Å². The Hall–Kier alpha value is -1.81. The molecule has 102 valence electrons. The Morgan fingerprint density at radius 1 is 1.16 bits per heavy atom. The summed E-state index contributed by atoms with van der Waals surface area (Å²) < 4.78 is 1.99. The van der Waals surface area contributed by atoms with Crippen LogP contribution in [0.2, 0.25) is 0 Å². The number of anilines is 1. The van der Waals surface area contributed by atoms with Crippen LogP contribution in [0.25, 0.3) is 11.1 Å². The molecule has 0 spiro atoms. The monoisotopic (exact) mass is 258 g/mol. The minimum atomic E-state index is 0.612. The van der Waals surface area contributed by atoms with E-state index in [9.17, 15) is 0 Å². The van der Waals surface area contributed by atoms with Gasteiger partial charge in [0.15, 0.2) is 0 Å². The summed E-state index contributed by atoms with van der Waals surface area (Å²) in [7, 11) is 4.09. The Kier molecular flexibility index (Phi) is 3.90. The van der Waals surface area contributed by atoms with Crippen LogP contribution < -0.4 is 10.6 Å². The highest BCUT2D eigenvalue weighted by molar-refractivity contribution is 5.70. The second-order valence-corrected chi connectivity index (χ2v) is 5.00. The van der Waals surface area contributed by atoms with Gasteiger partial charge in [-0.1, -0.05) is 12.1 Å². The maximum atomic E-state index is 5.61. The van der Waals surface area contributed by atoms with Crippen molar-refractivity contribution in [3.63, 3.8) is 0 Å². The van der Waals surface area contributed by atoms with E-state index in [-0.39, 0.29) is 0 Å². The summed E-state index contributed by atoms with van der Waals surface area (Å²) >= 11 is 0. The quantitative estimate of drug-likeness (QED) is 0.914. The van der Waals surface area contributed by atoms with Gasteiger partial charge in [0.05, 0.1) is 12.2 Å². The zero-order chi connectivity index (χ0) is 14.0. The number of hydrogen-bond acceptors (Lipinski definition) is 3. The van der Waals surface area contributed by atoms with Crippen LogP contribution in [0.1, 0.15) is 11.4 Å². The topological polar surface area (TPSA) is 47.1 Å². The van der Waals surface area contributed by atoms with Crippen molar-refractivity contribution in [2.24, 2.45) is 5.73 Å². The first-order chi connectivity index (χ1) is 9.04. The standard InChI is InChI=1S/C15H22N4/c1-11-15(12(2)19(17-11)10-9-16)13-5-7-14(8-6-13)18(3)4/h5-8H,9-10,16H2,1-4H3. The van der Waals surface area contributed by atoms with Gasteiger partial charge >= 0.3 is 0 Å². The molecule has 4 heteroatoms. The SMILES string of the molecule is Cc1nn(CCN)c(C)c1-c1ccc(N(C)C)cc1. The van der Waals surface area contributed by atoms with Crippen molar-refractivity contribution in [2.75, 3.05) is 25.5 Å². The zero-order valence-electron chi connectivity index (χ0n) is 12.1. The molecule has 0 fully saturated rings. The van der Waals surface area contributed by atoms with Crippen molar-refractivity contribution in [1.29, 1.82) is 0 Å². The molecule has 0 saturated carbocycles. The first kappa shape index (κ1) is 13.6. The van der Waals surface area contributed by atoms with Crippen LogP contribution >= 0.6 is 0 Å². The van der Waals surface area contributed by atoms with Crippen molar-refractivity contribution < 1.29 is 0 Å². The molecule has 0 atom stereocenters. The predicted octanol–water partition coefficient (Wildman–Crippen LogP) is 2.19. The van der Waals surface area contributed by atoms with Crippen LogP contribution in [-0.2, 0) is 6.54 Å². The van der Waals surface area contributed by atoms with Gasteiger partial charge in [-0.05, 0) is 31.5 Å². The van der Waals surface area contributed by atoms with Gasteiger partial charge in [0.2, 0.25) is 0 Å². The molecule has 1 aromatic carbocycles. The molecule has 0 aliphatic heterocycles. The first-order valence-electron chi connectivity index (χ1n) is 6.56. The third kappa shape index (κ3) is 2.63. The van der Waals surface area contributed by atoms with Crippen LogP contribution in [0.3, 0.4) is 0 Å². The molecule has 1 aromatic heterocycles. The molecule has 0 radical (unpaired) electrons. The summed E-state index contributed by atoms with van der Waals surface area (Å²) in [5.74, 6) is 0. The highest BCUT2D eigenvalue weighted by Gasteiger charge is 2.12. The summed E-state index contributed by atoms with van der Waals surface area (Å²) in [5.41, 5.74) is 11.5. The second kappa shape index (κ2) is 5.45. The molecule has 2 rings (SSSR count). The normalized spacial score (nSPS) is 10.8. The lowest BCUT2D eigenvalue weighted by Gasteiger charge is -2.13. The van der Waals surface area contributed by atoms with Crippen LogP contribution in [-0.4, -0.2) is 30.4 Å². The molecule has 0 aliphatic carbocycles. The van der Waals surface area contributed by atoms with E-state index in [1.807, 2.05) is 18.8 Å². The number of hydrogen-bond donors (Lipinski definition) is 1. The molecular formula is C15H22N4. The zero-order valence-corrected chi connectivity index (χ0v) is 12.1. The number of nitrogens with zero attached hydrogens (tertiary/aromatic N) is 3. The highest BCUT2D eigenvalue weighted by atomic mass is 15.3. The molecule has 0 unspecified atom stereocenters. The van der Waals surface area contributed by atoms with E-state index in [1.165, 1.54) is 22.5 Å². The molecule has 2 aromatic rings. The number of aryl methyl sites for hydroxylation is 1. The van der Waals surface area contributed by atoms with Gasteiger partial charge in [0.1, 0.15) is 0 Å². The van der Waals surface area contributed by atoms with Crippen LogP contribution in [0.5, 0.6) is 0 Å². The van der Waals surface area contributed by atoms with E-state index < -0.39 is 0 Å². The molecule has 1 heterocycles. The van der Waals surface area contributed by atoms with Crippen molar-refractivity contribution in [1.82, 2.24) is 9.78 Å². The smallest absolute Gasteiger partial charge is 0.0674 e. The average molecular weight is 258 g/mol. The van der Waals surface area contributed by atoms with Crippen LogP contribution in [0.15, 0.2) is 24.3 Å². The van der Waals surface area contributed by atoms with Crippen LogP contribution in [0.4, 0.5) is 5.69 Å². The molecule has 0 amide bonds. The maximum Gasteiger partial charge on any atom is 0.0674 e. The van der Waals surface area contributed by atoms with Crippen molar-refractivity contribution in [2.45, 2.75) is 20.4 Å². The molecule has 0 saturated heterocycles. The fourth-order valence-corrected chi connectivity index (χ4v) is 2.38. The predicted molar refractivity (Wildman–Crippen MR) is 80.5 cm³/mol. The molecule has 0 aliphatic rings. The number of benzene rings is 1. The van der Waals surface area contributed by atoms with E-state index in [2.05, 4.69) is 48.1 Å². The Morgan fingerprint density at radius 2 is 1.79 bits per heavy atom. The maximum absolute atomic E-state index is 5.61. The molecule has 2 N–H and O–H groups in total. The Labute approximate surface area is 114 Å². The summed E-state index contributed by atoms with van der Waals surface area (Å²) in [6, 6.07) is 8.57. The third-order valence-electron chi connectivity index (χ3n) is 3.39. The lowest BCUT2D eigenvalue weighted by atomic mass is 10.0. The summed E-state index contributed by atoms with van der Waals surface area (Å²) in [5, 5.41) is 4.56. The van der Waals surface area contributed by atoms with Gasteiger partial charge in [-0.15, -0.1) is 0 Å². The average Bonchev–Trinajstić information content (AvgIpc) is 2.65. The Morgan fingerprint density at radius 3 is 2.32 bits per heavy atom. The number of nitrogens with two attached hydrogens (primary N) is 1. The summed E-state index contributed by atoms with van der Waals surface area (Å²) in [4.78, 5) is 2.10. The largest absolute Gasteiger partial charge is 0.378 e.